The molecule has 0 aliphatic rings. The molecule has 102 valence electrons. The van der Waals surface area contributed by atoms with Crippen molar-refractivity contribution in [1.82, 2.24) is 4.90 Å². The molecule has 2 atom stereocenters. The van der Waals surface area contributed by atoms with Gasteiger partial charge in [0.2, 0.25) is 0 Å². The summed E-state index contributed by atoms with van der Waals surface area (Å²) in [5, 5.41) is 0. The molecule has 0 aromatic heterocycles. The molecule has 2 nitrogen and oxygen atoms in total. The molecule has 2 N–H and O–H groups in total. The topological polar surface area (TPSA) is 29.3 Å². The Labute approximate surface area is 110 Å². The summed E-state index contributed by atoms with van der Waals surface area (Å²) in [7, 11) is 2.02. The van der Waals surface area contributed by atoms with E-state index >= 15 is 0 Å². The van der Waals surface area contributed by atoms with Crippen LogP contribution in [0.1, 0.15) is 38.8 Å². The smallest absolute Gasteiger partial charge is 0.127 e. The molecular weight excluding hydrogens is 227 g/mol. The highest BCUT2D eigenvalue weighted by Gasteiger charge is 2.16. The molecule has 0 aliphatic carbocycles. The van der Waals surface area contributed by atoms with Gasteiger partial charge in [0, 0.05) is 17.6 Å². The third kappa shape index (κ3) is 4.07. The predicted molar refractivity (Wildman–Crippen MR) is 74.9 cm³/mol. The summed E-state index contributed by atoms with van der Waals surface area (Å²) in [5.41, 5.74) is 6.78. The Balaban J connectivity index is 2.57. The fraction of sp³-hybridized carbons (Fsp3) is 0.600. The number of hydrogen-bond donors (Lipinski definition) is 1. The monoisotopic (exact) mass is 252 g/mol. The zero-order valence-corrected chi connectivity index (χ0v) is 11.9. The zero-order valence-electron chi connectivity index (χ0n) is 11.9. The maximum atomic E-state index is 13.7. The quantitative estimate of drug-likeness (QED) is 0.842. The second-order valence-electron chi connectivity index (χ2n) is 5.37. The van der Waals surface area contributed by atoms with Crippen molar-refractivity contribution in [2.45, 2.75) is 39.3 Å². The van der Waals surface area contributed by atoms with Gasteiger partial charge in [-0.05, 0) is 38.9 Å². The van der Waals surface area contributed by atoms with Gasteiger partial charge < -0.3 is 5.73 Å². The van der Waals surface area contributed by atoms with Gasteiger partial charge in [0.15, 0.2) is 0 Å². The SMILES string of the molecule is CC(C)C(N)CCN(C)C(C)c1ccccc1F. The van der Waals surface area contributed by atoms with E-state index in [0.29, 0.717) is 5.92 Å². The molecule has 1 aromatic rings. The lowest BCUT2D eigenvalue weighted by Crippen LogP contribution is -2.33. The lowest BCUT2D eigenvalue weighted by Gasteiger charge is -2.27. The fourth-order valence-electron chi connectivity index (χ4n) is 1.93. The van der Waals surface area contributed by atoms with E-state index in [4.69, 9.17) is 5.73 Å². The molecule has 0 saturated carbocycles. The van der Waals surface area contributed by atoms with E-state index in [2.05, 4.69) is 18.7 Å². The van der Waals surface area contributed by atoms with Crippen LogP contribution in [0.2, 0.25) is 0 Å². The molecule has 2 unspecified atom stereocenters. The molecule has 1 aromatic carbocycles. The van der Waals surface area contributed by atoms with E-state index in [1.54, 1.807) is 6.07 Å². The first-order valence-corrected chi connectivity index (χ1v) is 6.63. The second-order valence-corrected chi connectivity index (χ2v) is 5.37. The Hall–Kier alpha value is -0.930. The van der Waals surface area contributed by atoms with Crippen LogP contribution in [0.25, 0.3) is 0 Å². The first kappa shape index (κ1) is 15.1. The van der Waals surface area contributed by atoms with Crippen LogP contribution in [0, 0.1) is 11.7 Å². The van der Waals surface area contributed by atoms with Crippen molar-refractivity contribution in [1.29, 1.82) is 0 Å². The Morgan fingerprint density at radius 3 is 2.39 bits per heavy atom. The van der Waals surface area contributed by atoms with Crippen LogP contribution in [-0.2, 0) is 0 Å². The van der Waals surface area contributed by atoms with Gasteiger partial charge in [-0.15, -0.1) is 0 Å². The zero-order chi connectivity index (χ0) is 13.7. The number of hydrogen-bond acceptors (Lipinski definition) is 2. The summed E-state index contributed by atoms with van der Waals surface area (Å²) >= 11 is 0. The van der Waals surface area contributed by atoms with Crippen LogP contribution in [0.5, 0.6) is 0 Å². The molecule has 3 heteroatoms. The summed E-state index contributed by atoms with van der Waals surface area (Å²) in [5.74, 6) is 0.354. The minimum absolute atomic E-state index is 0.0746. The highest BCUT2D eigenvalue weighted by molar-refractivity contribution is 5.20. The van der Waals surface area contributed by atoms with Gasteiger partial charge in [-0.3, -0.25) is 4.90 Å². The van der Waals surface area contributed by atoms with Crippen LogP contribution >= 0.6 is 0 Å². The average molecular weight is 252 g/mol. The highest BCUT2D eigenvalue weighted by Crippen LogP contribution is 2.21. The van der Waals surface area contributed by atoms with Crippen molar-refractivity contribution in [2.24, 2.45) is 11.7 Å². The van der Waals surface area contributed by atoms with Gasteiger partial charge in [-0.1, -0.05) is 32.0 Å². The molecule has 0 aliphatic heterocycles. The molecule has 0 radical (unpaired) electrons. The van der Waals surface area contributed by atoms with Crippen molar-refractivity contribution in [3.63, 3.8) is 0 Å². The molecule has 0 bridgehead atoms. The highest BCUT2D eigenvalue weighted by atomic mass is 19.1. The van der Waals surface area contributed by atoms with Crippen LogP contribution < -0.4 is 5.73 Å². The van der Waals surface area contributed by atoms with E-state index in [-0.39, 0.29) is 17.9 Å². The van der Waals surface area contributed by atoms with E-state index < -0.39 is 0 Å². The molecule has 1 rings (SSSR count). The number of nitrogens with zero attached hydrogens (tertiary/aromatic N) is 1. The predicted octanol–water partition coefficient (Wildman–Crippen LogP) is 3.19. The summed E-state index contributed by atoms with van der Waals surface area (Å²) in [6, 6.07) is 7.24. The maximum Gasteiger partial charge on any atom is 0.127 e. The van der Waals surface area contributed by atoms with Crippen molar-refractivity contribution < 1.29 is 4.39 Å². The summed E-state index contributed by atoms with van der Waals surface area (Å²) in [6.07, 6.45) is 0.937. The van der Waals surface area contributed by atoms with E-state index in [9.17, 15) is 4.39 Å². The largest absolute Gasteiger partial charge is 0.327 e. The van der Waals surface area contributed by atoms with Gasteiger partial charge in [0.25, 0.3) is 0 Å². The van der Waals surface area contributed by atoms with Gasteiger partial charge >= 0.3 is 0 Å². The lowest BCUT2D eigenvalue weighted by atomic mass is 10.0. The standard InChI is InChI=1S/C15H25FN2/c1-11(2)15(17)9-10-18(4)12(3)13-7-5-6-8-14(13)16/h5-8,11-12,15H,9-10,17H2,1-4H3. The minimum Gasteiger partial charge on any atom is -0.327 e. The summed E-state index contributed by atoms with van der Waals surface area (Å²) in [6.45, 7) is 7.17. The Morgan fingerprint density at radius 2 is 1.83 bits per heavy atom. The van der Waals surface area contributed by atoms with Crippen molar-refractivity contribution in [3.8, 4) is 0 Å². The Bertz CT molecular complexity index is 365. The van der Waals surface area contributed by atoms with Gasteiger partial charge in [-0.25, -0.2) is 4.39 Å². The lowest BCUT2D eigenvalue weighted by molar-refractivity contribution is 0.239. The van der Waals surface area contributed by atoms with Crippen LogP contribution in [0.15, 0.2) is 24.3 Å². The Morgan fingerprint density at radius 1 is 1.22 bits per heavy atom. The molecule has 0 heterocycles. The van der Waals surface area contributed by atoms with Crippen molar-refractivity contribution >= 4 is 0 Å². The van der Waals surface area contributed by atoms with Crippen LogP contribution in [-0.4, -0.2) is 24.5 Å². The normalized spacial score (nSPS) is 15.1. The maximum absolute atomic E-state index is 13.7. The molecule has 18 heavy (non-hydrogen) atoms. The van der Waals surface area contributed by atoms with Gasteiger partial charge in [0.1, 0.15) is 5.82 Å². The fourth-order valence-corrected chi connectivity index (χ4v) is 1.93. The number of nitrogens with two attached hydrogens (primary N) is 1. The molecule has 0 amide bonds. The Kier molecular flexibility index (Phi) is 5.76. The van der Waals surface area contributed by atoms with Crippen LogP contribution in [0.3, 0.4) is 0 Å². The van der Waals surface area contributed by atoms with Crippen molar-refractivity contribution in [3.05, 3.63) is 35.6 Å². The number of benzene rings is 1. The minimum atomic E-state index is -0.134. The summed E-state index contributed by atoms with van der Waals surface area (Å²) < 4.78 is 13.7. The first-order valence-electron chi connectivity index (χ1n) is 6.63. The molecule has 0 spiro atoms. The molecule has 0 fully saturated rings. The molecular formula is C15H25FN2. The second kappa shape index (κ2) is 6.86. The average Bonchev–Trinajstić information content (AvgIpc) is 2.35. The first-order chi connectivity index (χ1) is 8.43. The van der Waals surface area contributed by atoms with Crippen molar-refractivity contribution in [2.75, 3.05) is 13.6 Å². The third-order valence-electron chi connectivity index (χ3n) is 3.69. The van der Waals surface area contributed by atoms with Gasteiger partial charge in [-0.2, -0.15) is 0 Å². The number of halogens is 1. The van der Waals surface area contributed by atoms with Gasteiger partial charge in [0.05, 0.1) is 0 Å². The molecule has 0 saturated heterocycles. The van der Waals surface area contributed by atoms with E-state index in [1.165, 1.54) is 6.07 Å². The summed E-state index contributed by atoms with van der Waals surface area (Å²) in [4.78, 5) is 2.15. The van der Waals surface area contributed by atoms with E-state index in [1.807, 2.05) is 26.1 Å². The van der Waals surface area contributed by atoms with E-state index in [0.717, 1.165) is 18.5 Å². The number of rotatable bonds is 6. The third-order valence-corrected chi connectivity index (χ3v) is 3.69. The van der Waals surface area contributed by atoms with Crippen LogP contribution in [0.4, 0.5) is 4.39 Å².